The van der Waals surface area contributed by atoms with E-state index in [-0.39, 0.29) is 11.6 Å². The lowest BCUT2D eigenvalue weighted by atomic mass is 10.2. The van der Waals surface area contributed by atoms with Crippen LogP contribution >= 0.6 is 27.3 Å². The highest BCUT2D eigenvalue weighted by Gasteiger charge is 2.10. The second-order valence-electron chi connectivity index (χ2n) is 3.61. The molecule has 19 heavy (non-hydrogen) atoms. The van der Waals surface area contributed by atoms with Gasteiger partial charge in [0.25, 0.3) is 5.91 Å². The number of carbonyl (C=O) groups excluding carboxylic acids is 1. The normalized spacial score (nSPS) is 10.2. The first-order valence-corrected chi connectivity index (χ1v) is 6.94. The van der Waals surface area contributed by atoms with Crippen LogP contribution in [0.3, 0.4) is 0 Å². The van der Waals surface area contributed by atoms with Crippen molar-refractivity contribution in [1.29, 1.82) is 0 Å². The van der Waals surface area contributed by atoms with E-state index in [4.69, 9.17) is 5.11 Å². The molecule has 0 unspecified atom stereocenters. The molecule has 0 aliphatic heterocycles. The number of amides is 1. The summed E-state index contributed by atoms with van der Waals surface area (Å²) in [5.41, 5.74) is 0.246. The van der Waals surface area contributed by atoms with Crippen LogP contribution in [0.5, 0.6) is 0 Å². The lowest BCUT2D eigenvalue weighted by Crippen LogP contribution is -2.22. The van der Waals surface area contributed by atoms with Crippen LogP contribution in [0.25, 0.3) is 0 Å². The number of nitrogens with one attached hydrogen (secondary N) is 1. The Balaban J connectivity index is 2.00. The van der Waals surface area contributed by atoms with Crippen LogP contribution in [0, 0.1) is 0 Å². The molecular weight excluding hydrogens is 332 g/mol. The van der Waals surface area contributed by atoms with Crippen LogP contribution in [-0.4, -0.2) is 22.0 Å². The number of hydrogen-bond acceptors (Lipinski definition) is 4. The summed E-state index contributed by atoms with van der Waals surface area (Å²) >= 11 is 4.92. The first-order chi connectivity index (χ1) is 9.08. The first-order valence-electron chi connectivity index (χ1n) is 5.27. The van der Waals surface area contributed by atoms with E-state index < -0.39 is 5.97 Å². The number of carboxylic acid groups (broad SMARTS) is 1. The highest BCUT2D eigenvalue weighted by atomic mass is 79.9. The second kappa shape index (κ2) is 5.94. The van der Waals surface area contributed by atoms with Gasteiger partial charge in [0.15, 0.2) is 0 Å². The number of hydrogen-bond donors (Lipinski definition) is 2. The molecule has 5 nitrogen and oxygen atoms in total. The molecule has 0 aromatic carbocycles. The molecule has 7 heteroatoms. The van der Waals surface area contributed by atoms with Gasteiger partial charge in [-0.3, -0.25) is 4.79 Å². The molecular formula is C12H9BrN2O3S. The summed E-state index contributed by atoms with van der Waals surface area (Å²) in [5, 5.41) is 13.4. The predicted molar refractivity (Wildman–Crippen MR) is 74.4 cm³/mol. The van der Waals surface area contributed by atoms with Gasteiger partial charge in [-0.05, 0) is 39.5 Å². The summed E-state index contributed by atoms with van der Waals surface area (Å²) in [4.78, 5) is 27.2. The zero-order chi connectivity index (χ0) is 13.8. The van der Waals surface area contributed by atoms with Crippen molar-refractivity contribution < 1.29 is 14.7 Å². The average Bonchev–Trinajstić information content (AvgIpc) is 2.81. The van der Waals surface area contributed by atoms with Crippen molar-refractivity contribution in [3.63, 3.8) is 0 Å². The molecule has 2 aromatic heterocycles. The van der Waals surface area contributed by atoms with Gasteiger partial charge >= 0.3 is 5.97 Å². The van der Waals surface area contributed by atoms with Crippen molar-refractivity contribution in [3.8, 4) is 0 Å². The van der Waals surface area contributed by atoms with Gasteiger partial charge in [0.05, 0.1) is 12.1 Å². The fourth-order valence-electron chi connectivity index (χ4n) is 1.37. The van der Waals surface area contributed by atoms with Crippen molar-refractivity contribution in [2.45, 2.75) is 6.54 Å². The van der Waals surface area contributed by atoms with E-state index in [0.717, 1.165) is 9.35 Å². The van der Waals surface area contributed by atoms with Crippen molar-refractivity contribution in [2.24, 2.45) is 0 Å². The fraction of sp³-hybridized carbons (Fsp3) is 0.0833. The minimum Gasteiger partial charge on any atom is -0.477 e. The Labute approximate surface area is 121 Å². The van der Waals surface area contributed by atoms with Gasteiger partial charge < -0.3 is 10.4 Å². The molecule has 0 saturated heterocycles. The maximum atomic E-state index is 11.8. The van der Waals surface area contributed by atoms with E-state index in [1.54, 1.807) is 0 Å². The molecule has 0 saturated carbocycles. The molecule has 1 amide bonds. The first kappa shape index (κ1) is 13.7. The van der Waals surface area contributed by atoms with Crippen LogP contribution in [0.2, 0.25) is 0 Å². The van der Waals surface area contributed by atoms with E-state index in [2.05, 4.69) is 26.2 Å². The molecule has 0 bridgehead atoms. The summed E-state index contributed by atoms with van der Waals surface area (Å²) in [7, 11) is 0. The lowest BCUT2D eigenvalue weighted by Gasteiger charge is -2.04. The zero-order valence-corrected chi connectivity index (χ0v) is 12.0. The molecule has 2 aromatic rings. The Morgan fingerprint density at radius 1 is 1.37 bits per heavy atom. The number of nitrogens with zero attached hydrogens (tertiary/aromatic N) is 1. The summed E-state index contributed by atoms with van der Waals surface area (Å²) in [5.74, 6) is -1.40. The predicted octanol–water partition coefficient (Wildman–Crippen LogP) is 2.53. The standard InChI is InChI=1S/C12H9BrN2O3S/c13-8-3-4-19-10(8)6-15-11(16)7-1-2-9(12(17)18)14-5-7/h1-5H,6H2,(H,15,16)(H,17,18). The molecule has 2 rings (SSSR count). The van der Waals surface area contributed by atoms with Crippen LogP contribution < -0.4 is 5.32 Å². The third-order valence-corrected chi connectivity index (χ3v) is 4.27. The maximum Gasteiger partial charge on any atom is 0.354 e. The van der Waals surface area contributed by atoms with Gasteiger partial charge in [-0.1, -0.05) is 0 Å². The minimum atomic E-state index is -1.12. The quantitative estimate of drug-likeness (QED) is 0.896. The number of pyridine rings is 1. The number of carbonyl (C=O) groups is 2. The number of carboxylic acids is 1. The summed E-state index contributed by atoms with van der Waals surface area (Å²) in [6.45, 7) is 0.414. The molecule has 0 radical (unpaired) electrons. The second-order valence-corrected chi connectivity index (χ2v) is 5.47. The van der Waals surface area contributed by atoms with Gasteiger partial charge in [-0.25, -0.2) is 9.78 Å². The average molecular weight is 341 g/mol. The number of aromatic nitrogens is 1. The number of aromatic carboxylic acids is 1. The third-order valence-electron chi connectivity index (χ3n) is 2.35. The highest BCUT2D eigenvalue weighted by molar-refractivity contribution is 9.10. The molecule has 0 aliphatic carbocycles. The Morgan fingerprint density at radius 2 is 2.16 bits per heavy atom. The van der Waals surface area contributed by atoms with Crippen molar-refractivity contribution in [3.05, 3.63) is 50.4 Å². The summed E-state index contributed by atoms with van der Waals surface area (Å²) in [6, 6.07) is 4.66. The van der Waals surface area contributed by atoms with E-state index in [9.17, 15) is 9.59 Å². The topological polar surface area (TPSA) is 79.3 Å². The molecule has 2 N–H and O–H groups in total. The molecule has 0 spiro atoms. The Hall–Kier alpha value is -1.73. The molecule has 98 valence electrons. The van der Waals surface area contributed by atoms with E-state index in [1.165, 1.54) is 29.7 Å². The van der Waals surface area contributed by atoms with Gasteiger partial charge in [0.1, 0.15) is 5.69 Å². The van der Waals surface area contributed by atoms with Crippen LogP contribution in [0.4, 0.5) is 0 Å². The van der Waals surface area contributed by atoms with Crippen molar-refractivity contribution >= 4 is 39.1 Å². The third kappa shape index (κ3) is 3.39. The van der Waals surface area contributed by atoms with Crippen LogP contribution in [0.1, 0.15) is 25.7 Å². The zero-order valence-electron chi connectivity index (χ0n) is 9.59. The van der Waals surface area contributed by atoms with E-state index in [1.807, 2.05) is 11.4 Å². The SMILES string of the molecule is O=C(NCc1sccc1Br)c1ccc(C(=O)O)nc1. The van der Waals surface area contributed by atoms with Crippen molar-refractivity contribution in [1.82, 2.24) is 10.3 Å². The van der Waals surface area contributed by atoms with Gasteiger partial charge in [-0.15, -0.1) is 11.3 Å². The largest absolute Gasteiger partial charge is 0.477 e. The Kier molecular flexibility index (Phi) is 4.28. The number of thiophene rings is 1. The van der Waals surface area contributed by atoms with Crippen LogP contribution in [0.15, 0.2) is 34.2 Å². The van der Waals surface area contributed by atoms with Gasteiger partial charge in [-0.2, -0.15) is 0 Å². The number of rotatable bonds is 4. The molecule has 0 atom stereocenters. The summed E-state index contributed by atoms with van der Waals surface area (Å²) < 4.78 is 0.956. The van der Waals surface area contributed by atoms with Gasteiger partial charge in [0.2, 0.25) is 0 Å². The number of halogens is 1. The lowest BCUT2D eigenvalue weighted by molar-refractivity contribution is 0.0689. The highest BCUT2D eigenvalue weighted by Crippen LogP contribution is 2.22. The smallest absolute Gasteiger partial charge is 0.354 e. The molecule has 0 aliphatic rings. The van der Waals surface area contributed by atoms with Gasteiger partial charge in [0, 0.05) is 15.5 Å². The molecule has 2 heterocycles. The van der Waals surface area contributed by atoms with E-state index >= 15 is 0 Å². The molecule has 0 fully saturated rings. The fourth-order valence-corrected chi connectivity index (χ4v) is 2.80. The maximum absolute atomic E-state index is 11.8. The Morgan fingerprint density at radius 3 is 2.68 bits per heavy atom. The van der Waals surface area contributed by atoms with Crippen LogP contribution in [-0.2, 0) is 6.54 Å². The van der Waals surface area contributed by atoms with Crippen molar-refractivity contribution in [2.75, 3.05) is 0 Å². The summed E-state index contributed by atoms with van der Waals surface area (Å²) in [6.07, 6.45) is 1.25. The Bertz CT molecular complexity index is 610. The monoisotopic (exact) mass is 340 g/mol. The van der Waals surface area contributed by atoms with E-state index in [0.29, 0.717) is 12.1 Å². The minimum absolute atomic E-state index is 0.0856.